The van der Waals surface area contributed by atoms with Crippen molar-refractivity contribution in [2.45, 2.75) is 6.92 Å². The topological polar surface area (TPSA) is 130 Å². The molecule has 3 rings (SSSR count). The quantitative estimate of drug-likeness (QED) is 0.606. The number of amides is 2. The number of hydrogen-bond acceptors (Lipinski definition) is 6. The third-order valence-corrected chi connectivity index (χ3v) is 3.25. The molecule has 0 saturated heterocycles. The van der Waals surface area contributed by atoms with Crippen LogP contribution in [-0.4, -0.2) is 48.8 Å². The smallest absolute Gasteiger partial charge is 0.257 e. The third-order valence-electron chi connectivity index (χ3n) is 3.25. The third kappa shape index (κ3) is 3.65. The van der Waals surface area contributed by atoms with Crippen LogP contribution >= 0.6 is 0 Å². The van der Waals surface area contributed by atoms with Crippen LogP contribution in [0, 0.1) is 12.7 Å². The summed E-state index contributed by atoms with van der Waals surface area (Å²) in [5.74, 6) is -1.41. The highest BCUT2D eigenvalue weighted by Crippen LogP contribution is 2.15. The van der Waals surface area contributed by atoms with Crippen LogP contribution in [0.1, 0.15) is 15.9 Å². The first-order chi connectivity index (χ1) is 12.0. The molecule has 1 aromatic carbocycles. The Labute approximate surface area is 140 Å². The molecule has 0 aliphatic carbocycles. The van der Waals surface area contributed by atoms with Crippen LogP contribution in [0.15, 0.2) is 30.7 Å². The fourth-order valence-electron chi connectivity index (χ4n) is 2.06. The first-order valence-corrected chi connectivity index (χ1v) is 7.15. The summed E-state index contributed by atoms with van der Waals surface area (Å²) < 4.78 is 14.9. The van der Waals surface area contributed by atoms with Crippen LogP contribution in [0.4, 0.5) is 10.1 Å². The molecule has 25 heavy (non-hydrogen) atoms. The Hall–Kier alpha value is -3.63. The Morgan fingerprint density at radius 1 is 1.36 bits per heavy atom. The van der Waals surface area contributed by atoms with Crippen molar-refractivity contribution in [3.05, 3.63) is 47.7 Å². The van der Waals surface area contributed by atoms with Gasteiger partial charge in [-0.2, -0.15) is 9.78 Å². The standard InChI is InChI=1S/C14H13FN8O2/c1-8-2-3-11(10(15)4-8)19-12(24)6-16-14(25)9-5-17-20-13(9)23-7-18-21-22-23/h2-5,7H,6H2,1H3,(H,16,25)(H,17,20)(H,19,24). The molecule has 0 fully saturated rings. The summed E-state index contributed by atoms with van der Waals surface area (Å²) in [6.45, 7) is 1.40. The number of H-pyrrole nitrogens is 1. The second-order valence-electron chi connectivity index (χ2n) is 5.10. The van der Waals surface area contributed by atoms with Crippen LogP contribution in [0.3, 0.4) is 0 Å². The molecule has 11 heteroatoms. The summed E-state index contributed by atoms with van der Waals surface area (Å²) in [6, 6.07) is 4.43. The van der Waals surface area contributed by atoms with E-state index in [1.165, 1.54) is 29.3 Å². The number of aromatic amines is 1. The second kappa shape index (κ2) is 6.86. The molecule has 3 aromatic rings. The van der Waals surface area contributed by atoms with E-state index in [2.05, 4.69) is 36.4 Å². The van der Waals surface area contributed by atoms with Crippen molar-refractivity contribution >= 4 is 17.5 Å². The normalized spacial score (nSPS) is 10.5. The van der Waals surface area contributed by atoms with E-state index >= 15 is 0 Å². The van der Waals surface area contributed by atoms with Gasteiger partial charge in [0.25, 0.3) is 5.91 Å². The van der Waals surface area contributed by atoms with E-state index < -0.39 is 17.6 Å². The maximum Gasteiger partial charge on any atom is 0.257 e. The number of hydrogen-bond donors (Lipinski definition) is 3. The van der Waals surface area contributed by atoms with Crippen molar-refractivity contribution in [3.8, 4) is 5.82 Å². The van der Waals surface area contributed by atoms with Gasteiger partial charge in [-0.1, -0.05) is 6.07 Å². The highest BCUT2D eigenvalue weighted by Gasteiger charge is 2.17. The molecule has 3 N–H and O–H groups in total. The molecule has 10 nitrogen and oxygen atoms in total. The average Bonchev–Trinajstić information content (AvgIpc) is 3.25. The van der Waals surface area contributed by atoms with Crippen molar-refractivity contribution in [1.29, 1.82) is 0 Å². The number of aromatic nitrogens is 6. The van der Waals surface area contributed by atoms with E-state index in [9.17, 15) is 14.0 Å². The molecule has 0 atom stereocenters. The van der Waals surface area contributed by atoms with Crippen LogP contribution in [-0.2, 0) is 4.79 Å². The fourth-order valence-corrected chi connectivity index (χ4v) is 2.06. The lowest BCUT2D eigenvalue weighted by Crippen LogP contribution is -2.33. The maximum atomic E-state index is 13.7. The van der Waals surface area contributed by atoms with Crippen molar-refractivity contribution in [1.82, 2.24) is 35.7 Å². The number of aryl methyl sites for hydroxylation is 1. The van der Waals surface area contributed by atoms with Crippen molar-refractivity contribution in [2.75, 3.05) is 11.9 Å². The van der Waals surface area contributed by atoms with Gasteiger partial charge in [-0.3, -0.25) is 14.7 Å². The van der Waals surface area contributed by atoms with Gasteiger partial charge in [-0.15, -0.1) is 5.10 Å². The maximum absolute atomic E-state index is 13.7. The number of rotatable bonds is 5. The summed E-state index contributed by atoms with van der Waals surface area (Å²) in [7, 11) is 0. The van der Waals surface area contributed by atoms with E-state index in [4.69, 9.17) is 0 Å². The van der Waals surface area contributed by atoms with Gasteiger partial charge >= 0.3 is 0 Å². The SMILES string of the molecule is Cc1ccc(NC(=O)CNC(=O)c2cn[nH]c2-n2cnnn2)c(F)c1. The number of anilines is 1. The fraction of sp³-hybridized carbons (Fsp3) is 0.143. The Morgan fingerprint density at radius 2 is 2.20 bits per heavy atom. The lowest BCUT2D eigenvalue weighted by molar-refractivity contribution is -0.115. The zero-order chi connectivity index (χ0) is 17.8. The largest absolute Gasteiger partial charge is 0.343 e. The number of halogens is 1. The Balaban J connectivity index is 1.61. The predicted molar refractivity (Wildman–Crippen MR) is 83.4 cm³/mol. The highest BCUT2D eigenvalue weighted by atomic mass is 19.1. The molecule has 0 aliphatic heterocycles. The molecule has 2 aromatic heterocycles. The number of carbonyl (C=O) groups excluding carboxylic acids is 2. The lowest BCUT2D eigenvalue weighted by atomic mass is 10.2. The van der Waals surface area contributed by atoms with E-state index in [-0.39, 0.29) is 23.6 Å². The number of benzene rings is 1. The molecule has 128 valence electrons. The number of tetrazole rings is 1. The molecule has 0 unspecified atom stereocenters. The highest BCUT2D eigenvalue weighted by molar-refractivity contribution is 6.00. The molecule has 0 spiro atoms. The molecular weight excluding hydrogens is 331 g/mol. The van der Waals surface area contributed by atoms with Crippen molar-refractivity contribution < 1.29 is 14.0 Å². The van der Waals surface area contributed by atoms with E-state index in [1.54, 1.807) is 13.0 Å². The van der Waals surface area contributed by atoms with Crippen molar-refractivity contribution in [2.24, 2.45) is 0 Å². The monoisotopic (exact) mass is 344 g/mol. The minimum atomic E-state index is -0.566. The van der Waals surface area contributed by atoms with Crippen LogP contribution in [0.25, 0.3) is 5.82 Å². The number of nitrogens with one attached hydrogen (secondary N) is 3. The molecule has 0 saturated carbocycles. The number of carbonyl (C=O) groups is 2. The lowest BCUT2D eigenvalue weighted by Gasteiger charge is -2.08. The van der Waals surface area contributed by atoms with Crippen LogP contribution < -0.4 is 10.6 Å². The van der Waals surface area contributed by atoms with E-state index in [0.717, 1.165) is 5.56 Å². The van der Waals surface area contributed by atoms with Gasteiger partial charge in [0.05, 0.1) is 18.4 Å². The summed E-state index contributed by atoms with van der Waals surface area (Å²) in [5.41, 5.74) is 0.933. The Morgan fingerprint density at radius 3 is 2.92 bits per heavy atom. The van der Waals surface area contributed by atoms with Gasteiger partial charge in [0.2, 0.25) is 5.91 Å². The molecule has 2 heterocycles. The van der Waals surface area contributed by atoms with Gasteiger partial charge in [-0.25, -0.2) is 4.39 Å². The van der Waals surface area contributed by atoms with Crippen LogP contribution in [0.5, 0.6) is 0 Å². The average molecular weight is 344 g/mol. The predicted octanol–water partition coefficient (Wildman–Crippen LogP) is 0.201. The van der Waals surface area contributed by atoms with Gasteiger partial charge in [0, 0.05) is 0 Å². The summed E-state index contributed by atoms with van der Waals surface area (Å²) in [5, 5.41) is 21.8. The minimum absolute atomic E-state index is 0.0440. The first-order valence-electron chi connectivity index (χ1n) is 7.15. The van der Waals surface area contributed by atoms with Crippen molar-refractivity contribution in [3.63, 3.8) is 0 Å². The Kier molecular flexibility index (Phi) is 4.46. The van der Waals surface area contributed by atoms with Crippen LogP contribution in [0.2, 0.25) is 0 Å². The van der Waals surface area contributed by atoms with Gasteiger partial charge in [0.1, 0.15) is 17.7 Å². The Bertz CT molecular complexity index is 905. The summed E-state index contributed by atoms with van der Waals surface area (Å²) in [4.78, 5) is 24.1. The van der Waals surface area contributed by atoms with Gasteiger partial charge in [-0.05, 0) is 35.0 Å². The number of nitrogens with zero attached hydrogens (tertiary/aromatic N) is 5. The second-order valence-corrected chi connectivity index (χ2v) is 5.10. The first kappa shape index (κ1) is 16.2. The minimum Gasteiger partial charge on any atom is -0.343 e. The molecule has 0 radical (unpaired) electrons. The summed E-state index contributed by atoms with van der Waals surface area (Å²) in [6.07, 6.45) is 2.57. The molecular formula is C14H13FN8O2. The van der Waals surface area contributed by atoms with E-state index in [1.807, 2.05) is 0 Å². The molecule has 0 bridgehead atoms. The van der Waals surface area contributed by atoms with Gasteiger partial charge < -0.3 is 10.6 Å². The van der Waals surface area contributed by atoms with Gasteiger partial charge in [0.15, 0.2) is 5.82 Å². The molecule has 2 amide bonds. The summed E-state index contributed by atoms with van der Waals surface area (Å²) >= 11 is 0. The van der Waals surface area contributed by atoms with E-state index in [0.29, 0.717) is 0 Å². The zero-order valence-electron chi connectivity index (χ0n) is 13.0. The zero-order valence-corrected chi connectivity index (χ0v) is 13.0. The molecule has 0 aliphatic rings.